The number of benzene rings is 1. The second-order valence-corrected chi connectivity index (χ2v) is 14.7. The van der Waals surface area contributed by atoms with Crippen LogP contribution in [-0.2, 0) is 20.4 Å². The fourth-order valence-electron chi connectivity index (χ4n) is 5.18. The summed E-state index contributed by atoms with van der Waals surface area (Å²) in [6.07, 6.45) is -10.4. The minimum atomic E-state index is -4.79. The molecule has 0 spiro atoms. The van der Waals surface area contributed by atoms with Crippen molar-refractivity contribution in [3.8, 4) is 17.1 Å². The number of aliphatic hydroxyl groups is 3. The van der Waals surface area contributed by atoms with Gasteiger partial charge in [0.2, 0.25) is 5.13 Å². The third-order valence-corrected chi connectivity index (χ3v) is 8.32. The molecule has 4 heterocycles. The van der Waals surface area contributed by atoms with E-state index in [1.807, 2.05) is 0 Å². The zero-order valence-corrected chi connectivity index (χ0v) is 29.6. The van der Waals surface area contributed by atoms with E-state index in [9.17, 15) is 38.1 Å². The molecule has 1 aliphatic heterocycles. The zero-order valence-electron chi connectivity index (χ0n) is 28.1. The van der Waals surface area contributed by atoms with Crippen LogP contribution in [0.2, 0.25) is 5.02 Å². The molecule has 0 bridgehead atoms. The Kier molecular flexibility index (Phi) is 10.5. The SMILES string of the molecule is CC(C)(C)OC(=O)N(C(=O)OC(C)(C)C)c1nc(-c2cn([C@@H]3C(O)[C@H](c4ccnn4-c4cc(Cl)ccc4C(F)(F)F)OC(CO)[C@@H]3O)nn2)cs1. The third kappa shape index (κ3) is 8.34. The van der Waals surface area contributed by atoms with Gasteiger partial charge >= 0.3 is 18.4 Å². The second-order valence-electron chi connectivity index (χ2n) is 13.5. The molecule has 3 aromatic heterocycles. The van der Waals surface area contributed by atoms with Crippen LogP contribution in [0.25, 0.3) is 17.1 Å². The monoisotopic (exact) mass is 757 g/mol. The van der Waals surface area contributed by atoms with Gasteiger partial charge in [-0.2, -0.15) is 23.2 Å². The number of rotatable bonds is 6. The van der Waals surface area contributed by atoms with Gasteiger partial charge in [0.15, 0.2) is 0 Å². The molecule has 20 heteroatoms. The average molecular weight is 758 g/mol. The fourth-order valence-corrected chi connectivity index (χ4v) is 6.14. The van der Waals surface area contributed by atoms with E-state index >= 15 is 0 Å². The standard InChI is InChI=1S/C31H35ClF3N7O8S/c1-29(2,3)49-27(46)41(28(47)50-30(4,5)6)26-37-18(14-51-26)17-12-40(39-38-17)22-23(44)21(13-43)48-25(24(22)45)19-9-10-36-42(19)20-11-15(32)7-8-16(20)31(33,34)35/h7-12,14,21-25,43-45H,13H2,1-6H3/t21?,22-,23-,24?,25-/m0/s1. The van der Waals surface area contributed by atoms with Crippen LogP contribution in [0.15, 0.2) is 42.0 Å². The highest BCUT2D eigenvalue weighted by molar-refractivity contribution is 7.14. The third-order valence-electron chi connectivity index (χ3n) is 7.26. The first kappa shape index (κ1) is 38.1. The zero-order chi connectivity index (χ0) is 37.6. The molecule has 15 nitrogen and oxygen atoms in total. The summed E-state index contributed by atoms with van der Waals surface area (Å²) in [5.41, 5.74) is -3.22. The van der Waals surface area contributed by atoms with E-state index in [4.69, 9.17) is 25.8 Å². The number of nitrogens with zero attached hydrogens (tertiary/aromatic N) is 7. The maximum Gasteiger partial charge on any atom is 0.426 e. The summed E-state index contributed by atoms with van der Waals surface area (Å²) >= 11 is 6.94. The van der Waals surface area contributed by atoms with Crippen LogP contribution in [0.5, 0.6) is 0 Å². The molecule has 1 fully saturated rings. The van der Waals surface area contributed by atoms with E-state index in [0.29, 0.717) is 4.90 Å². The molecule has 2 amide bonds. The summed E-state index contributed by atoms with van der Waals surface area (Å²) in [7, 11) is 0. The lowest BCUT2D eigenvalue weighted by atomic mass is 9.91. The Hall–Kier alpha value is -4.14. The van der Waals surface area contributed by atoms with Crippen molar-refractivity contribution in [2.24, 2.45) is 0 Å². The molecule has 1 saturated heterocycles. The van der Waals surface area contributed by atoms with Gasteiger partial charge in [-0.15, -0.1) is 16.4 Å². The van der Waals surface area contributed by atoms with Gasteiger partial charge in [-0.1, -0.05) is 16.8 Å². The minimum Gasteiger partial charge on any atom is -0.443 e. The maximum atomic E-state index is 14.0. The summed E-state index contributed by atoms with van der Waals surface area (Å²) in [6, 6.07) is 2.90. The van der Waals surface area contributed by atoms with E-state index < -0.39 is 77.9 Å². The predicted molar refractivity (Wildman–Crippen MR) is 175 cm³/mol. The average Bonchev–Trinajstić information content (AvgIpc) is 3.77. The van der Waals surface area contributed by atoms with Crippen LogP contribution in [0.3, 0.4) is 0 Å². The number of carbonyl (C=O) groups is 2. The molecule has 5 atom stereocenters. The summed E-state index contributed by atoms with van der Waals surface area (Å²) in [5, 5.41) is 46.4. The van der Waals surface area contributed by atoms with Crippen LogP contribution in [0.4, 0.5) is 27.9 Å². The molecule has 5 rings (SSSR count). The fraction of sp³-hybridized carbons (Fsp3) is 0.484. The number of alkyl halides is 3. The highest BCUT2D eigenvalue weighted by atomic mass is 35.5. The molecule has 3 N–H and O–H groups in total. The van der Waals surface area contributed by atoms with Gasteiger partial charge < -0.3 is 29.5 Å². The number of aromatic nitrogens is 6. The van der Waals surface area contributed by atoms with Crippen LogP contribution in [-0.4, -0.2) is 93.4 Å². The van der Waals surface area contributed by atoms with Crippen LogP contribution in [0.1, 0.15) is 64.9 Å². The number of thiazole rings is 1. The lowest BCUT2D eigenvalue weighted by Gasteiger charge is -2.42. The van der Waals surface area contributed by atoms with Gasteiger partial charge in [0, 0.05) is 16.6 Å². The molecule has 0 saturated carbocycles. The van der Waals surface area contributed by atoms with E-state index in [1.165, 1.54) is 23.8 Å². The first-order chi connectivity index (χ1) is 23.7. The Balaban J connectivity index is 1.48. The topological polar surface area (TPSA) is 187 Å². The summed E-state index contributed by atoms with van der Waals surface area (Å²) in [4.78, 5) is 31.2. The quantitative estimate of drug-likeness (QED) is 0.230. The van der Waals surface area contributed by atoms with Crippen molar-refractivity contribution in [3.63, 3.8) is 0 Å². The second kappa shape index (κ2) is 14.1. The van der Waals surface area contributed by atoms with E-state index in [-0.39, 0.29) is 27.2 Å². The predicted octanol–water partition coefficient (Wildman–Crippen LogP) is 5.33. The van der Waals surface area contributed by atoms with E-state index in [0.717, 1.165) is 38.9 Å². The lowest BCUT2D eigenvalue weighted by molar-refractivity contribution is -0.209. The number of aliphatic hydroxyl groups excluding tert-OH is 3. The van der Waals surface area contributed by atoms with Crippen LogP contribution in [0, 0.1) is 0 Å². The van der Waals surface area contributed by atoms with Crippen molar-refractivity contribution in [1.29, 1.82) is 0 Å². The van der Waals surface area contributed by atoms with Crippen molar-refractivity contribution in [3.05, 3.63) is 58.3 Å². The minimum absolute atomic E-state index is 0.00764. The number of halogens is 4. The van der Waals surface area contributed by atoms with Crippen molar-refractivity contribution in [1.82, 2.24) is 29.8 Å². The molecule has 4 aromatic rings. The summed E-state index contributed by atoms with van der Waals surface area (Å²) in [5.74, 6) is 0. The molecule has 0 radical (unpaired) electrons. The first-order valence-corrected chi connectivity index (χ1v) is 16.6. The number of anilines is 1. The number of carbonyl (C=O) groups excluding carboxylic acids is 2. The molecular formula is C31H35ClF3N7O8S. The Labute approximate surface area is 298 Å². The van der Waals surface area contributed by atoms with Gasteiger partial charge in [-0.3, -0.25) is 0 Å². The van der Waals surface area contributed by atoms with E-state index in [2.05, 4.69) is 20.4 Å². The van der Waals surface area contributed by atoms with Gasteiger partial charge in [0.25, 0.3) is 0 Å². The molecule has 1 aliphatic rings. The van der Waals surface area contributed by atoms with Gasteiger partial charge in [-0.05, 0) is 65.8 Å². The number of ether oxygens (including phenoxy) is 3. The molecule has 2 unspecified atom stereocenters. The van der Waals surface area contributed by atoms with Gasteiger partial charge in [-0.25, -0.2) is 23.9 Å². The lowest BCUT2D eigenvalue weighted by Crippen LogP contribution is -2.53. The highest BCUT2D eigenvalue weighted by Gasteiger charge is 2.48. The van der Waals surface area contributed by atoms with Gasteiger partial charge in [0.1, 0.15) is 53.0 Å². The Morgan fingerprint density at radius 2 is 1.67 bits per heavy atom. The smallest absolute Gasteiger partial charge is 0.426 e. The van der Waals surface area contributed by atoms with E-state index in [1.54, 1.807) is 41.5 Å². The van der Waals surface area contributed by atoms with Crippen molar-refractivity contribution in [2.75, 3.05) is 11.5 Å². The number of hydrogen-bond donors (Lipinski definition) is 3. The first-order valence-electron chi connectivity index (χ1n) is 15.4. The highest BCUT2D eigenvalue weighted by Crippen LogP contribution is 2.41. The number of imide groups is 1. The molecule has 276 valence electrons. The van der Waals surface area contributed by atoms with Crippen molar-refractivity contribution in [2.45, 2.75) is 89.4 Å². The van der Waals surface area contributed by atoms with Crippen LogP contribution < -0.4 is 4.90 Å². The van der Waals surface area contributed by atoms with Crippen molar-refractivity contribution < 1.29 is 52.3 Å². The summed E-state index contributed by atoms with van der Waals surface area (Å²) < 4.78 is 60.5. The number of hydrogen-bond acceptors (Lipinski definition) is 13. The molecular weight excluding hydrogens is 723 g/mol. The maximum absolute atomic E-state index is 14.0. The largest absolute Gasteiger partial charge is 0.443 e. The van der Waals surface area contributed by atoms with Crippen molar-refractivity contribution >= 4 is 40.3 Å². The van der Waals surface area contributed by atoms with Gasteiger partial charge in [0.05, 0.1) is 29.7 Å². The Bertz CT molecular complexity index is 1860. The Morgan fingerprint density at radius 3 is 2.25 bits per heavy atom. The molecule has 51 heavy (non-hydrogen) atoms. The molecule has 1 aromatic carbocycles. The summed E-state index contributed by atoms with van der Waals surface area (Å²) in [6.45, 7) is 9.01. The van der Waals surface area contributed by atoms with Crippen LogP contribution >= 0.6 is 22.9 Å². The number of amides is 2. The normalized spacial score (nSPS) is 21.4. The Morgan fingerprint density at radius 1 is 1.02 bits per heavy atom. The molecule has 0 aliphatic carbocycles.